The number of nitrogens with one attached hydrogen (secondary N) is 1. The average molecular weight is 305 g/mol. The van der Waals surface area contributed by atoms with Crippen LogP contribution in [0.4, 0.5) is 4.79 Å². The van der Waals surface area contributed by atoms with E-state index in [0.29, 0.717) is 13.1 Å². The lowest BCUT2D eigenvalue weighted by atomic mass is 9.85. The van der Waals surface area contributed by atoms with Gasteiger partial charge in [0.1, 0.15) is 0 Å². The number of nitrogens with zero attached hydrogens (tertiary/aromatic N) is 2. The van der Waals surface area contributed by atoms with Gasteiger partial charge in [0.25, 0.3) is 0 Å². The maximum atomic E-state index is 12.2. The Labute approximate surface area is 132 Å². The number of hydrogen-bond donors (Lipinski definition) is 2. The predicted octanol–water partition coefficient (Wildman–Crippen LogP) is 2.31. The maximum Gasteiger partial charge on any atom is 0.317 e. The molecule has 0 saturated heterocycles. The van der Waals surface area contributed by atoms with Gasteiger partial charge >= 0.3 is 6.03 Å². The van der Waals surface area contributed by atoms with Crippen molar-refractivity contribution >= 4 is 6.03 Å². The first kappa shape index (κ1) is 16.7. The number of hydrogen-bond acceptors (Lipinski definition) is 3. The topological polar surface area (TPSA) is 65.5 Å². The molecular weight excluding hydrogens is 278 g/mol. The molecule has 2 rings (SSSR count). The third-order valence-electron chi connectivity index (χ3n) is 4.56. The first-order valence-electron chi connectivity index (χ1n) is 7.94. The molecule has 0 spiro atoms. The summed E-state index contributed by atoms with van der Waals surface area (Å²) < 4.78 is 0. The van der Waals surface area contributed by atoms with Gasteiger partial charge in [-0.1, -0.05) is 26.7 Å². The van der Waals surface area contributed by atoms with E-state index in [2.05, 4.69) is 24.1 Å². The Balaban J connectivity index is 1.86. The highest BCUT2D eigenvalue weighted by molar-refractivity contribution is 5.74. The van der Waals surface area contributed by atoms with Crippen LogP contribution in [0.25, 0.3) is 0 Å². The number of carbonyl (C=O) groups is 1. The highest BCUT2D eigenvalue weighted by Gasteiger charge is 2.33. The van der Waals surface area contributed by atoms with Crippen molar-refractivity contribution in [2.24, 2.45) is 0 Å². The van der Waals surface area contributed by atoms with E-state index in [9.17, 15) is 9.90 Å². The van der Waals surface area contributed by atoms with Crippen LogP contribution in [0.5, 0.6) is 0 Å². The van der Waals surface area contributed by atoms with Gasteiger partial charge in [-0.25, -0.2) is 4.79 Å². The van der Waals surface area contributed by atoms with Crippen LogP contribution in [0.2, 0.25) is 0 Å². The lowest BCUT2D eigenvalue weighted by Crippen LogP contribution is -2.48. The lowest BCUT2D eigenvalue weighted by molar-refractivity contribution is 0.0246. The summed E-state index contributed by atoms with van der Waals surface area (Å²) in [5.41, 5.74) is 0.274. The molecule has 0 aromatic carbocycles. The summed E-state index contributed by atoms with van der Waals surface area (Å²) in [5.74, 6) is 0. The monoisotopic (exact) mass is 305 g/mol. The van der Waals surface area contributed by atoms with E-state index in [4.69, 9.17) is 0 Å². The zero-order valence-corrected chi connectivity index (χ0v) is 13.8. The molecule has 1 aromatic heterocycles. The van der Waals surface area contributed by atoms with E-state index in [0.717, 1.165) is 31.2 Å². The second-order valence-electron chi connectivity index (χ2n) is 7.07. The van der Waals surface area contributed by atoms with Crippen molar-refractivity contribution in [3.63, 3.8) is 0 Å². The van der Waals surface area contributed by atoms with Crippen molar-refractivity contribution in [2.75, 3.05) is 20.1 Å². The first-order valence-corrected chi connectivity index (χ1v) is 7.94. The molecule has 5 heteroatoms. The second-order valence-corrected chi connectivity index (χ2v) is 7.07. The molecule has 0 aliphatic heterocycles. The minimum atomic E-state index is -0.702. The summed E-state index contributed by atoms with van der Waals surface area (Å²) in [6, 6.07) is 3.80. The van der Waals surface area contributed by atoms with E-state index >= 15 is 0 Å². The summed E-state index contributed by atoms with van der Waals surface area (Å²) in [5, 5.41) is 13.4. The van der Waals surface area contributed by atoms with Gasteiger partial charge in [-0.15, -0.1) is 0 Å². The second kappa shape index (κ2) is 6.65. The van der Waals surface area contributed by atoms with Crippen LogP contribution in [0.15, 0.2) is 24.5 Å². The number of aromatic nitrogens is 1. The lowest BCUT2D eigenvalue weighted by Gasteiger charge is -2.31. The van der Waals surface area contributed by atoms with Crippen LogP contribution in [0.3, 0.4) is 0 Å². The largest absolute Gasteiger partial charge is 0.388 e. The molecule has 1 saturated carbocycles. The Kier molecular flexibility index (Phi) is 5.06. The van der Waals surface area contributed by atoms with Gasteiger partial charge in [-0.2, -0.15) is 0 Å². The van der Waals surface area contributed by atoms with Crippen LogP contribution in [0.1, 0.15) is 45.1 Å². The van der Waals surface area contributed by atoms with E-state index in [1.807, 2.05) is 12.1 Å². The van der Waals surface area contributed by atoms with Crippen molar-refractivity contribution in [1.82, 2.24) is 15.2 Å². The Hall–Kier alpha value is -1.62. The quantitative estimate of drug-likeness (QED) is 0.877. The molecule has 2 amide bonds. The molecule has 0 unspecified atom stereocenters. The number of likely N-dealkylation sites (N-methyl/N-ethyl adjacent to an activating group) is 1. The molecule has 5 nitrogen and oxygen atoms in total. The molecular formula is C17H27N3O2. The summed E-state index contributed by atoms with van der Waals surface area (Å²) in [4.78, 5) is 17.9. The SMILES string of the molecule is CN(CC1(O)CCCC1)C(=O)NCC(C)(C)c1ccncc1. The summed E-state index contributed by atoms with van der Waals surface area (Å²) in [6.07, 6.45) is 7.18. The number of aliphatic hydroxyl groups is 1. The minimum absolute atomic E-state index is 0.137. The molecule has 1 aliphatic carbocycles. The van der Waals surface area contributed by atoms with Crippen molar-refractivity contribution in [3.05, 3.63) is 30.1 Å². The van der Waals surface area contributed by atoms with Crippen LogP contribution < -0.4 is 5.32 Å². The molecule has 1 aliphatic rings. The van der Waals surface area contributed by atoms with Crippen molar-refractivity contribution in [1.29, 1.82) is 0 Å². The molecule has 2 N–H and O–H groups in total. The standard InChI is InChI=1S/C17H27N3O2/c1-16(2,14-6-10-18-11-7-14)12-19-15(21)20(3)13-17(22)8-4-5-9-17/h6-7,10-11,22H,4-5,8-9,12-13H2,1-3H3,(H,19,21). The van der Waals surface area contributed by atoms with Crippen molar-refractivity contribution in [3.8, 4) is 0 Å². The molecule has 122 valence electrons. The predicted molar refractivity (Wildman–Crippen MR) is 86.7 cm³/mol. The molecule has 1 heterocycles. The zero-order valence-electron chi connectivity index (χ0n) is 13.8. The Bertz CT molecular complexity index is 496. The van der Waals surface area contributed by atoms with Gasteiger partial charge in [-0.3, -0.25) is 4.98 Å². The van der Waals surface area contributed by atoms with E-state index in [-0.39, 0.29) is 11.4 Å². The van der Waals surface area contributed by atoms with Gasteiger partial charge in [-0.05, 0) is 30.5 Å². The number of pyridine rings is 1. The third-order valence-corrected chi connectivity index (χ3v) is 4.56. The van der Waals surface area contributed by atoms with Crippen molar-refractivity contribution < 1.29 is 9.90 Å². The molecule has 1 fully saturated rings. The first-order chi connectivity index (χ1) is 10.3. The van der Waals surface area contributed by atoms with Crippen LogP contribution in [-0.2, 0) is 5.41 Å². The third kappa shape index (κ3) is 4.19. The Morgan fingerprint density at radius 2 is 1.95 bits per heavy atom. The summed E-state index contributed by atoms with van der Waals surface area (Å²) >= 11 is 0. The zero-order chi connectivity index (χ0) is 16.2. The fraction of sp³-hybridized carbons (Fsp3) is 0.647. The Morgan fingerprint density at radius 1 is 1.36 bits per heavy atom. The molecule has 22 heavy (non-hydrogen) atoms. The van der Waals surface area contributed by atoms with Gasteiger partial charge in [0.15, 0.2) is 0 Å². The normalized spacial score (nSPS) is 17.3. The molecule has 0 radical (unpaired) electrons. The van der Waals surface area contributed by atoms with Crippen LogP contribution in [-0.4, -0.2) is 46.8 Å². The molecule has 0 atom stereocenters. The van der Waals surface area contributed by atoms with Crippen LogP contribution >= 0.6 is 0 Å². The van der Waals surface area contributed by atoms with Crippen LogP contribution in [0, 0.1) is 0 Å². The van der Waals surface area contributed by atoms with E-state index in [1.54, 1.807) is 24.3 Å². The fourth-order valence-electron chi connectivity index (χ4n) is 3.04. The summed E-state index contributed by atoms with van der Waals surface area (Å²) in [6.45, 7) is 5.12. The maximum absolute atomic E-state index is 12.2. The highest BCUT2D eigenvalue weighted by Crippen LogP contribution is 2.30. The Morgan fingerprint density at radius 3 is 2.55 bits per heavy atom. The smallest absolute Gasteiger partial charge is 0.317 e. The van der Waals surface area contributed by atoms with E-state index in [1.165, 1.54) is 0 Å². The van der Waals surface area contributed by atoms with Gasteiger partial charge < -0.3 is 15.3 Å². The van der Waals surface area contributed by atoms with Gasteiger partial charge in [0.05, 0.1) is 12.1 Å². The number of urea groups is 1. The highest BCUT2D eigenvalue weighted by atomic mass is 16.3. The number of carbonyl (C=O) groups excluding carboxylic acids is 1. The fourth-order valence-corrected chi connectivity index (χ4v) is 3.04. The number of amides is 2. The minimum Gasteiger partial charge on any atom is -0.388 e. The van der Waals surface area contributed by atoms with Crippen molar-refractivity contribution in [2.45, 2.75) is 50.5 Å². The summed E-state index contributed by atoms with van der Waals surface area (Å²) in [7, 11) is 1.74. The number of rotatable bonds is 5. The molecule has 1 aromatic rings. The average Bonchev–Trinajstić information content (AvgIpc) is 2.92. The molecule has 0 bridgehead atoms. The van der Waals surface area contributed by atoms with Gasteiger partial charge in [0, 0.05) is 31.4 Å². The van der Waals surface area contributed by atoms with Gasteiger partial charge in [0.2, 0.25) is 0 Å². The van der Waals surface area contributed by atoms with E-state index < -0.39 is 5.60 Å².